The van der Waals surface area contributed by atoms with Gasteiger partial charge in [0.05, 0.1) is 12.6 Å². The molecule has 0 saturated heterocycles. The quantitative estimate of drug-likeness (QED) is 0.139. The smallest absolute Gasteiger partial charge is 0.322 e. The number of amides is 1. The number of esters is 1. The van der Waals surface area contributed by atoms with Gasteiger partial charge in [0.1, 0.15) is 6.04 Å². The molecule has 0 saturated carbocycles. The fourth-order valence-electron chi connectivity index (χ4n) is 3.05. The van der Waals surface area contributed by atoms with E-state index < -0.39 is 29.9 Å². The summed E-state index contributed by atoms with van der Waals surface area (Å²) < 4.78 is 5.03. The Kier molecular flexibility index (Phi) is 9.30. The first kappa shape index (κ1) is 25.0. The van der Waals surface area contributed by atoms with Crippen molar-refractivity contribution in [1.29, 1.82) is 5.41 Å². The number of nitrogens with zero attached hydrogens (tertiary/aromatic N) is 3. The van der Waals surface area contributed by atoms with E-state index in [1.54, 1.807) is 13.8 Å². The average Bonchev–Trinajstić information content (AvgIpc) is 2.78. The van der Waals surface area contributed by atoms with E-state index in [9.17, 15) is 9.59 Å². The summed E-state index contributed by atoms with van der Waals surface area (Å²) >= 11 is 6.08. The number of rotatable bonds is 8. The van der Waals surface area contributed by atoms with E-state index in [0.29, 0.717) is 5.02 Å². The third-order valence-corrected chi connectivity index (χ3v) is 4.98. The van der Waals surface area contributed by atoms with Gasteiger partial charge in [-0.3, -0.25) is 25.2 Å². The van der Waals surface area contributed by atoms with E-state index in [0.717, 1.165) is 21.6 Å². The molecular weight excluding hydrogens is 432 g/mol. The summed E-state index contributed by atoms with van der Waals surface area (Å²) in [6, 6.07) is 13.7. The van der Waals surface area contributed by atoms with E-state index >= 15 is 0 Å². The number of carbonyl (C=O) groups excluding carboxylic acids is 2. The molecule has 0 unspecified atom stereocenters. The van der Waals surface area contributed by atoms with Crippen LogP contribution < -0.4 is 11.2 Å². The highest BCUT2D eigenvalue weighted by Crippen LogP contribution is 2.23. The van der Waals surface area contributed by atoms with Gasteiger partial charge in [-0.25, -0.2) is 0 Å². The van der Waals surface area contributed by atoms with Crippen molar-refractivity contribution in [3.63, 3.8) is 0 Å². The molecule has 0 aliphatic carbocycles. The minimum atomic E-state index is -0.815. The molecule has 0 bridgehead atoms. The first-order valence-corrected chi connectivity index (χ1v) is 10.4. The highest BCUT2D eigenvalue weighted by molar-refractivity contribution is 6.30. The molecule has 1 amide bonds. The van der Waals surface area contributed by atoms with Gasteiger partial charge in [0.2, 0.25) is 11.9 Å². The van der Waals surface area contributed by atoms with Gasteiger partial charge in [0.25, 0.3) is 0 Å². The molecule has 170 valence electrons. The van der Waals surface area contributed by atoms with Crippen LogP contribution in [0.1, 0.15) is 19.4 Å². The van der Waals surface area contributed by atoms with Gasteiger partial charge < -0.3 is 10.6 Å². The lowest BCUT2D eigenvalue weighted by atomic mass is 9.99. The molecule has 2 atom stereocenters. The van der Waals surface area contributed by atoms with Gasteiger partial charge in [-0.2, -0.15) is 0 Å². The van der Waals surface area contributed by atoms with E-state index in [2.05, 4.69) is 15.7 Å². The van der Waals surface area contributed by atoms with E-state index in [4.69, 9.17) is 27.6 Å². The first-order chi connectivity index (χ1) is 15.3. The number of nitrogens with two attached hydrogens (primary N) is 1. The summed E-state index contributed by atoms with van der Waals surface area (Å²) in [7, 11) is 1.39. The van der Waals surface area contributed by atoms with Crippen LogP contribution in [0.4, 0.5) is 0 Å². The minimum Gasteiger partial charge on any atom is -0.465 e. The summed E-state index contributed by atoms with van der Waals surface area (Å²) in [5.74, 6) is 3.64. The lowest BCUT2D eigenvalue weighted by Crippen LogP contribution is -2.52. The molecular formula is C22H27ClN6O3. The molecule has 2 aromatic rings. The second kappa shape index (κ2) is 11.9. The number of guanidine groups is 1. The maximum atomic E-state index is 13.0. The van der Waals surface area contributed by atoms with Crippen LogP contribution in [0.15, 0.2) is 58.9 Å². The van der Waals surface area contributed by atoms with Gasteiger partial charge in [0, 0.05) is 12.1 Å². The predicted octanol–water partition coefficient (Wildman–Crippen LogP) is 3.18. The van der Waals surface area contributed by atoms with Crippen molar-refractivity contribution >= 4 is 29.4 Å². The van der Waals surface area contributed by atoms with Crippen molar-refractivity contribution in [2.24, 2.45) is 16.2 Å². The number of likely N-dealkylation sites (N-methyl/N-ethyl adjacent to an activating group) is 1. The number of hydrogen-bond donors (Lipinski definition) is 3. The molecule has 0 aliphatic heterocycles. The zero-order valence-electron chi connectivity index (χ0n) is 18.2. The maximum Gasteiger partial charge on any atom is 0.322 e. The number of hydrogen-bond acceptors (Lipinski definition) is 6. The fourth-order valence-corrected chi connectivity index (χ4v) is 3.24. The summed E-state index contributed by atoms with van der Waals surface area (Å²) in [4.78, 5) is 26.1. The Balaban J connectivity index is 2.23. The second-order valence-corrected chi connectivity index (χ2v) is 7.48. The van der Waals surface area contributed by atoms with Crippen molar-refractivity contribution in [3.8, 4) is 11.1 Å². The van der Waals surface area contributed by atoms with Crippen LogP contribution in [0.3, 0.4) is 0 Å². The van der Waals surface area contributed by atoms with Crippen molar-refractivity contribution in [1.82, 2.24) is 10.2 Å². The van der Waals surface area contributed by atoms with Gasteiger partial charge in [-0.05, 0) is 49.1 Å². The number of nitrogens with one attached hydrogen (secondary N) is 2. The third kappa shape index (κ3) is 6.86. The van der Waals surface area contributed by atoms with Crippen LogP contribution in [0.25, 0.3) is 11.1 Å². The van der Waals surface area contributed by atoms with E-state index in [1.807, 2.05) is 48.5 Å². The summed E-state index contributed by atoms with van der Waals surface area (Å²) in [5.41, 5.74) is 2.82. The normalized spacial score (nSPS) is 12.9. The maximum absolute atomic E-state index is 13.0. The molecule has 0 fully saturated rings. The monoisotopic (exact) mass is 458 g/mol. The fraction of sp³-hybridized carbons (Fsp3) is 0.318. The topological polar surface area (TPSA) is 133 Å². The Morgan fingerprint density at radius 2 is 1.91 bits per heavy atom. The van der Waals surface area contributed by atoms with Gasteiger partial charge >= 0.3 is 5.97 Å². The molecule has 0 radical (unpaired) electrons. The Morgan fingerprint density at radius 3 is 2.50 bits per heavy atom. The standard InChI is InChI=1S/C22H27ClN6O3/c1-4-32-21(31)14(2)26-19(20(30)29(3)22(24)27-28-25)12-15-8-10-16(11-9-15)17-6-5-7-18(23)13-17/h5-11,13-14,19,26H,4,12H2,1-3H3,(H3,24,25,27)/t14-,19-/m0/s1. The van der Waals surface area contributed by atoms with Gasteiger partial charge in [-0.15, -0.1) is 0 Å². The second-order valence-electron chi connectivity index (χ2n) is 7.04. The molecule has 2 rings (SSSR count). The number of benzene rings is 2. The first-order valence-electron chi connectivity index (χ1n) is 10.0. The Labute approximate surface area is 192 Å². The zero-order valence-corrected chi connectivity index (χ0v) is 19.0. The summed E-state index contributed by atoms with van der Waals surface area (Å²) in [5, 5.41) is 17.9. The van der Waals surface area contributed by atoms with Gasteiger partial charge in [-0.1, -0.05) is 58.3 Å². The van der Waals surface area contributed by atoms with Crippen LogP contribution in [0.2, 0.25) is 5.02 Å². The Hall–Kier alpha value is -3.30. The van der Waals surface area contributed by atoms with Crippen molar-refractivity contribution in [3.05, 3.63) is 59.1 Å². The Morgan fingerprint density at radius 1 is 1.22 bits per heavy atom. The highest BCUT2D eigenvalue weighted by atomic mass is 35.5. The number of carbonyl (C=O) groups is 2. The molecule has 0 aromatic heterocycles. The summed E-state index contributed by atoms with van der Waals surface area (Å²) in [6.45, 7) is 3.56. The van der Waals surface area contributed by atoms with E-state index in [-0.39, 0.29) is 13.0 Å². The minimum absolute atomic E-state index is 0.232. The van der Waals surface area contributed by atoms with Crippen LogP contribution in [0.5, 0.6) is 0 Å². The lowest BCUT2D eigenvalue weighted by Gasteiger charge is -2.25. The number of halogens is 1. The molecule has 9 nitrogen and oxygen atoms in total. The van der Waals surface area contributed by atoms with Crippen molar-refractivity contribution in [2.45, 2.75) is 32.4 Å². The van der Waals surface area contributed by atoms with Crippen molar-refractivity contribution in [2.75, 3.05) is 13.7 Å². The van der Waals surface area contributed by atoms with Crippen LogP contribution in [-0.2, 0) is 20.7 Å². The van der Waals surface area contributed by atoms with Crippen LogP contribution in [0, 0.1) is 5.41 Å². The lowest BCUT2D eigenvalue weighted by molar-refractivity contribution is -0.145. The summed E-state index contributed by atoms with van der Waals surface area (Å²) in [6.07, 6.45) is 0.274. The molecule has 2 aromatic carbocycles. The molecule has 0 aliphatic rings. The van der Waals surface area contributed by atoms with Gasteiger partial charge in [0.15, 0.2) is 0 Å². The molecule has 10 heteroatoms. The molecule has 0 spiro atoms. The molecule has 4 N–H and O–H groups in total. The van der Waals surface area contributed by atoms with E-state index in [1.165, 1.54) is 7.05 Å². The SMILES string of the molecule is CCOC(=O)[C@H](C)N[C@@H](Cc1ccc(-c2cccc(Cl)c2)cc1)C(=O)N(C)C(=N)N=NN. The average molecular weight is 459 g/mol. The number of ether oxygens (including phenoxy) is 1. The van der Waals surface area contributed by atoms with Crippen LogP contribution >= 0.6 is 11.6 Å². The highest BCUT2D eigenvalue weighted by Gasteiger charge is 2.28. The molecule has 0 heterocycles. The third-order valence-electron chi connectivity index (χ3n) is 4.74. The van der Waals surface area contributed by atoms with Crippen LogP contribution in [-0.4, -0.2) is 48.5 Å². The van der Waals surface area contributed by atoms with Crippen molar-refractivity contribution < 1.29 is 14.3 Å². The Bertz CT molecular complexity index is 980. The molecule has 32 heavy (non-hydrogen) atoms. The largest absolute Gasteiger partial charge is 0.465 e. The predicted molar refractivity (Wildman–Crippen MR) is 123 cm³/mol. The zero-order chi connectivity index (χ0) is 23.7.